The van der Waals surface area contributed by atoms with Crippen LogP contribution in [-0.4, -0.2) is 17.8 Å². The first-order valence-electron chi connectivity index (χ1n) is 7.70. The summed E-state index contributed by atoms with van der Waals surface area (Å²) in [6.45, 7) is 1.77. The third kappa shape index (κ3) is 3.51. The van der Waals surface area contributed by atoms with Gasteiger partial charge in [-0.1, -0.05) is 23.7 Å². The van der Waals surface area contributed by atoms with Crippen molar-refractivity contribution in [1.29, 1.82) is 0 Å². The van der Waals surface area contributed by atoms with Crippen molar-refractivity contribution in [3.8, 4) is 11.3 Å². The summed E-state index contributed by atoms with van der Waals surface area (Å²) in [7, 11) is -3.73. The number of thiazole rings is 1. The van der Waals surface area contributed by atoms with Gasteiger partial charge in [0.2, 0.25) is 0 Å². The molecule has 1 N–H and O–H groups in total. The molecule has 4 rings (SSSR count). The Balaban J connectivity index is 1.75. The van der Waals surface area contributed by atoms with Crippen LogP contribution in [0, 0.1) is 6.92 Å². The first kappa shape index (κ1) is 18.2. The van der Waals surface area contributed by atoms with Crippen LogP contribution < -0.4 is 10.3 Å². The normalized spacial score (nSPS) is 11.8. The molecule has 0 atom stereocenters. The van der Waals surface area contributed by atoms with Crippen LogP contribution in [0.1, 0.15) is 5.69 Å². The van der Waals surface area contributed by atoms with Crippen LogP contribution in [0.4, 0.5) is 5.69 Å². The van der Waals surface area contributed by atoms with Gasteiger partial charge in [0.05, 0.1) is 10.0 Å². The number of nitrogens with one attached hydrogen (secondary N) is 1. The summed E-state index contributed by atoms with van der Waals surface area (Å²) < 4.78 is 29.6. The minimum absolute atomic E-state index is 0.134. The second kappa shape index (κ2) is 6.75. The first-order valence-corrected chi connectivity index (χ1v) is 11.3. The lowest BCUT2D eigenvalue weighted by molar-refractivity contribution is 0.603. The molecule has 3 aromatic heterocycles. The Kier molecular flexibility index (Phi) is 4.55. The van der Waals surface area contributed by atoms with Gasteiger partial charge in [0.25, 0.3) is 15.6 Å². The Labute approximate surface area is 167 Å². The molecular formula is C17H12ClN3O3S3. The van der Waals surface area contributed by atoms with Crippen LogP contribution in [0.2, 0.25) is 4.34 Å². The molecule has 0 aliphatic heterocycles. The fourth-order valence-corrected chi connectivity index (χ4v) is 6.10. The summed E-state index contributed by atoms with van der Waals surface area (Å²) in [4.78, 5) is 17.3. The molecule has 0 spiro atoms. The molecule has 4 aromatic rings. The van der Waals surface area contributed by atoms with Crippen molar-refractivity contribution in [2.45, 2.75) is 11.1 Å². The van der Waals surface area contributed by atoms with Crippen molar-refractivity contribution in [2.75, 3.05) is 4.72 Å². The Morgan fingerprint density at radius 2 is 2.00 bits per heavy atom. The highest BCUT2D eigenvalue weighted by atomic mass is 35.5. The van der Waals surface area contributed by atoms with Crippen LogP contribution >= 0.6 is 34.3 Å². The van der Waals surface area contributed by atoms with E-state index in [1.807, 2.05) is 11.4 Å². The summed E-state index contributed by atoms with van der Waals surface area (Å²) in [5.74, 6) is 0. The number of fused-ring (bicyclic) bond motifs is 1. The molecule has 0 unspecified atom stereocenters. The van der Waals surface area contributed by atoms with Gasteiger partial charge in [0.1, 0.15) is 4.21 Å². The molecule has 0 bridgehead atoms. The van der Waals surface area contributed by atoms with Gasteiger partial charge in [-0.25, -0.2) is 13.4 Å². The van der Waals surface area contributed by atoms with Crippen LogP contribution in [0.3, 0.4) is 0 Å². The molecule has 10 heteroatoms. The largest absolute Gasteiger partial charge is 0.279 e. The number of anilines is 1. The third-order valence-electron chi connectivity index (χ3n) is 3.76. The van der Waals surface area contributed by atoms with Crippen LogP contribution in [-0.2, 0) is 10.0 Å². The first-order chi connectivity index (χ1) is 12.8. The smallest absolute Gasteiger partial charge is 0.271 e. The maximum absolute atomic E-state index is 12.5. The number of thiophene rings is 1. The monoisotopic (exact) mass is 437 g/mol. The standard InChI is InChI=1S/C17H12ClN3O3S3/c1-10-7-15(22)21-13(9-25-17(21)19-10)11-3-2-4-12(8-11)20-27(23,24)16-6-5-14(18)26-16/h2-9,20H,1H3. The summed E-state index contributed by atoms with van der Waals surface area (Å²) in [6, 6.07) is 11.3. The van der Waals surface area contributed by atoms with Crippen LogP contribution in [0.15, 0.2) is 56.8 Å². The van der Waals surface area contributed by atoms with E-state index in [9.17, 15) is 13.2 Å². The molecule has 1 aromatic carbocycles. The number of hydrogen-bond acceptors (Lipinski definition) is 6. The lowest BCUT2D eigenvalue weighted by atomic mass is 10.1. The van der Waals surface area contributed by atoms with E-state index in [2.05, 4.69) is 9.71 Å². The molecule has 138 valence electrons. The minimum atomic E-state index is -3.73. The van der Waals surface area contributed by atoms with Crippen molar-refractivity contribution >= 4 is 54.9 Å². The van der Waals surface area contributed by atoms with Crippen molar-refractivity contribution in [3.63, 3.8) is 0 Å². The molecule has 0 fully saturated rings. The Hall–Kier alpha value is -2.20. The number of nitrogens with zero attached hydrogens (tertiary/aromatic N) is 2. The average Bonchev–Trinajstić information content (AvgIpc) is 3.21. The molecule has 27 heavy (non-hydrogen) atoms. The van der Waals surface area contributed by atoms with Gasteiger partial charge in [-0.05, 0) is 31.2 Å². The molecule has 0 aliphatic rings. The van der Waals surface area contributed by atoms with Crippen molar-refractivity contribution in [3.05, 3.63) is 68.2 Å². The van der Waals surface area contributed by atoms with Gasteiger partial charge >= 0.3 is 0 Å². The SMILES string of the molecule is Cc1cc(=O)n2c(-c3cccc(NS(=O)(=O)c4ccc(Cl)s4)c3)csc2n1. The Morgan fingerprint density at radius 3 is 2.74 bits per heavy atom. The maximum atomic E-state index is 12.5. The van der Waals surface area contributed by atoms with E-state index in [0.29, 0.717) is 31.9 Å². The molecule has 0 amide bonds. The zero-order chi connectivity index (χ0) is 19.2. The number of rotatable bonds is 4. The van der Waals surface area contributed by atoms with E-state index in [4.69, 9.17) is 11.6 Å². The number of halogens is 1. The van der Waals surface area contributed by atoms with Gasteiger partial charge < -0.3 is 0 Å². The number of hydrogen-bond donors (Lipinski definition) is 1. The number of aromatic nitrogens is 2. The van der Waals surface area contributed by atoms with Crippen molar-refractivity contribution in [2.24, 2.45) is 0 Å². The van der Waals surface area contributed by atoms with E-state index in [-0.39, 0.29) is 9.77 Å². The van der Waals surface area contributed by atoms with E-state index in [0.717, 1.165) is 11.3 Å². The van der Waals surface area contributed by atoms with E-state index >= 15 is 0 Å². The zero-order valence-electron chi connectivity index (χ0n) is 13.8. The quantitative estimate of drug-likeness (QED) is 0.517. The lowest BCUT2D eigenvalue weighted by Gasteiger charge is -2.08. The average molecular weight is 438 g/mol. The van der Waals surface area contributed by atoms with Crippen LogP contribution in [0.5, 0.6) is 0 Å². The number of sulfonamides is 1. The zero-order valence-corrected chi connectivity index (χ0v) is 17.0. The molecule has 0 saturated heterocycles. The highest BCUT2D eigenvalue weighted by Gasteiger charge is 2.17. The number of aryl methyl sites for hydroxylation is 1. The molecular weight excluding hydrogens is 426 g/mol. The summed E-state index contributed by atoms with van der Waals surface area (Å²) in [6.07, 6.45) is 0. The second-order valence-corrected chi connectivity index (χ2v) is 10.2. The Morgan fingerprint density at radius 1 is 1.19 bits per heavy atom. The molecule has 0 radical (unpaired) electrons. The summed E-state index contributed by atoms with van der Waals surface area (Å²) in [5.41, 5.74) is 2.24. The van der Waals surface area contributed by atoms with Gasteiger partial charge in [0, 0.05) is 28.4 Å². The second-order valence-electron chi connectivity index (χ2n) is 5.72. The molecule has 6 nitrogen and oxygen atoms in total. The highest BCUT2D eigenvalue weighted by molar-refractivity contribution is 7.94. The summed E-state index contributed by atoms with van der Waals surface area (Å²) in [5, 5.41) is 1.83. The third-order valence-corrected chi connectivity index (χ3v) is 7.69. The topological polar surface area (TPSA) is 80.5 Å². The predicted molar refractivity (Wildman–Crippen MR) is 110 cm³/mol. The Bertz CT molecular complexity index is 1320. The highest BCUT2D eigenvalue weighted by Crippen LogP contribution is 2.29. The van der Waals surface area contributed by atoms with E-state index in [1.165, 1.54) is 33.9 Å². The van der Waals surface area contributed by atoms with Crippen molar-refractivity contribution < 1.29 is 8.42 Å². The van der Waals surface area contributed by atoms with Gasteiger partial charge in [-0.3, -0.25) is 13.9 Å². The lowest BCUT2D eigenvalue weighted by Crippen LogP contribution is -2.14. The molecule has 3 heterocycles. The van der Waals surface area contributed by atoms with E-state index in [1.54, 1.807) is 25.1 Å². The molecule has 0 aliphatic carbocycles. The van der Waals surface area contributed by atoms with Crippen molar-refractivity contribution in [1.82, 2.24) is 9.38 Å². The predicted octanol–water partition coefficient (Wildman–Crippen LogP) is 4.25. The fourth-order valence-electron chi connectivity index (χ4n) is 2.62. The van der Waals surface area contributed by atoms with Crippen LogP contribution in [0.25, 0.3) is 16.2 Å². The fraction of sp³-hybridized carbons (Fsp3) is 0.0588. The maximum Gasteiger partial charge on any atom is 0.271 e. The number of benzene rings is 1. The van der Waals surface area contributed by atoms with Gasteiger partial charge in [0.15, 0.2) is 4.96 Å². The minimum Gasteiger partial charge on any atom is -0.279 e. The molecule has 0 saturated carbocycles. The van der Waals surface area contributed by atoms with E-state index < -0.39 is 10.0 Å². The van der Waals surface area contributed by atoms with Gasteiger partial charge in [-0.15, -0.1) is 22.7 Å². The van der Waals surface area contributed by atoms with Gasteiger partial charge in [-0.2, -0.15) is 0 Å². The summed E-state index contributed by atoms with van der Waals surface area (Å²) >= 11 is 8.17.